The second-order valence-electron chi connectivity index (χ2n) is 32.8. The lowest BCUT2D eigenvalue weighted by atomic mass is 9.53. The highest BCUT2D eigenvalue weighted by molar-refractivity contribution is 5.81. The van der Waals surface area contributed by atoms with Gasteiger partial charge in [-0.15, -0.1) is 0 Å². The summed E-state index contributed by atoms with van der Waals surface area (Å²) in [5.41, 5.74) is -5.95. The molecule has 5 saturated heterocycles. The van der Waals surface area contributed by atoms with E-state index in [1.807, 2.05) is 90.0 Å². The van der Waals surface area contributed by atoms with Crippen molar-refractivity contribution in [1.82, 2.24) is 4.90 Å². The maximum Gasteiger partial charge on any atom is 0.410 e. The van der Waals surface area contributed by atoms with Gasteiger partial charge in [-0.2, -0.15) is 8.78 Å². The number of esters is 7. The van der Waals surface area contributed by atoms with E-state index in [9.17, 15) is 57.4 Å². The van der Waals surface area contributed by atoms with Gasteiger partial charge < -0.3 is 62.5 Å². The summed E-state index contributed by atoms with van der Waals surface area (Å²) in [5, 5.41) is 20.0. The zero-order chi connectivity index (χ0) is 72.1. The Hall–Kier alpha value is -4.74. The molecule has 0 aromatic rings. The zero-order valence-corrected chi connectivity index (χ0v) is 61.3. The standard InChI is InChI=1S/C18H31NO6.C16H26O3.C13H18O5.C13H24O2.C12H20F2O4/c1-7-18(5,6)15(21)23-12-14(20)24-13-8-10-19(11-9-13)16(22)25-17(2,3)4;1-4-15(2,3)14(17)19-13-11-5-10-6-12(13)9-16(18,7-10)8-11;1-4-13(2,3)12(15)18-9-7-5-6-8(16-7)10(9)17-11(6)14;1-5-12(3,4)11(14)15-13(6-2)9-7-8-10-13;1-6-9(2,3)8(15)18-10(4)7-17-11(5,16)12(10,13)14/h13H,7-12H2,1-6H3;10-13,18H,4-9H2,1-3H3;6-10H,4-5H2,1-3H3;5-10H2,1-4H3;16H,6-7H2,1-5H3. The second kappa shape index (κ2) is 30.8. The molecular formula is C72H119F2NO20. The van der Waals surface area contributed by atoms with Gasteiger partial charge in [0.15, 0.2) is 18.8 Å². The van der Waals surface area contributed by atoms with Gasteiger partial charge in [0.1, 0.15) is 29.5 Å². The minimum Gasteiger partial charge on any atom is -0.461 e. The van der Waals surface area contributed by atoms with Gasteiger partial charge in [-0.3, -0.25) is 28.8 Å². The monoisotopic (exact) mass is 1360 g/mol. The Morgan fingerprint density at radius 2 is 1.06 bits per heavy atom. The van der Waals surface area contributed by atoms with Gasteiger partial charge in [0.25, 0.3) is 0 Å². The van der Waals surface area contributed by atoms with E-state index in [0.29, 0.717) is 69.4 Å². The minimum absolute atomic E-state index is 0.0197. The first-order valence-electron chi connectivity index (χ1n) is 35.1. The maximum absolute atomic E-state index is 14.0. The number of alkyl halides is 2. The lowest BCUT2D eigenvalue weighted by Gasteiger charge is -2.57. The van der Waals surface area contributed by atoms with Crippen molar-refractivity contribution in [3.05, 3.63) is 0 Å². The van der Waals surface area contributed by atoms with Gasteiger partial charge in [-0.1, -0.05) is 41.5 Å². The summed E-state index contributed by atoms with van der Waals surface area (Å²) in [4.78, 5) is 97.0. The average Bonchev–Trinajstić information content (AvgIpc) is 1.73. The van der Waals surface area contributed by atoms with Crippen LogP contribution in [-0.4, -0.2) is 160 Å². The number of aliphatic hydroxyl groups is 2. The molecule has 9 unspecified atom stereocenters. The highest BCUT2D eigenvalue weighted by atomic mass is 19.3. The molecule has 23 heteroatoms. The number of halogens is 2. The summed E-state index contributed by atoms with van der Waals surface area (Å²) in [7, 11) is 0. The molecule has 10 rings (SSSR count). The molecule has 5 aliphatic carbocycles. The summed E-state index contributed by atoms with van der Waals surface area (Å²) in [6.07, 6.45) is 13.8. The molecule has 2 N–H and O–H groups in total. The van der Waals surface area contributed by atoms with Gasteiger partial charge in [0.2, 0.25) is 11.4 Å². The number of piperidine rings is 1. The molecule has 0 aromatic carbocycles. The van der Waals surface area contributed by atoms with Crippen molar-refractivity contribution in [2.45, 2.75) is 332 Å². The van der Waals surface area contributed by atoms with E-state index in [2.05, 4.69) is 11.7 Å². The molecule has 5 aliphatic heterocycles. The fourth-order valence-corrected chi connectivity index (χ4v) is 13.1. The Balaban J connectivity index is 0.000000217. The molecular weight excluding hydrogens is 1240 g/mol. The Bertz CT molecular complexity index is 2670. The van der Waals surface area contributed by atoms with Crippen LogP contribution in [0.25, 0.3) is 0 Å². The Morgan fingerprint density at radius 1 is 0.600 bits per heavy atom. The number of ether oxygens (including phenoxy) is 10. The van der Waals surface area contributed by atoms with Crippen molar-refractivity contribution >= 4 is 47.9 Å². The highest BCUT2D eigenvalue weighted by Gasteiger charge is 2.71. The molecule has 10 fully saturated rings. The van der Waals surface area contributed by atoms with Gasteiger partial charge in [0, 0.05) is 25.9 Å². The molecule has 546 valence electrons. The summed E-state index contributed by atoms with van der Waals surface area (Å²) >= 11 is 0. The fraction of sp³-hybridized carbons (Fsp3) is 0.889. The van der Waals surface area contributed by atoms with Gasteiger partial charge in [-0.05, 0) is 224 Å². The van der Waals surface area contributed by atoms with Gasteiger partial charge in [-0.25, -0.2) is 9.59 Å². The molecule has 0 radical (unpaired) electrons. The first-order valence-corrected chi connectivity index (χ1v) is 35.1. The summed E-state index contributed by atoms with van der Waals surface area (Å²) in [6.45, 7) is 37.5. The van der Waals surface area contributed by atoms with Crippen LogP contribution in [0.5, 0.6) is 0 Å². The van der Waals surface area contributed by atoms with Crippen molar-refractivity contribution < 1.29 is 105 Å². The molecule has 10 aliphatic rings. The quantitative estimate of drug-likeness (QED) is 0.0953. The number of nitrogens with zero attached hydrogens (tertiary/aromatic N) is 1. The number of likely N-dealkylation sites (tertiary alicyclic amines) is 1. The van der Waals surface area contributed by atoms with E-state index >= 15 is 0 Å². The fourth-order valence-electron chi connectivity index (χ4n) is 13.1. The Labute approximate surface area is 564 Å². The molecule has 21 nitrogen and oxygen atoms in total. The lowest BCUT2D eigenvalue weighted by molar-refractivity contribution is -0.284. The number of fused-ring (bicyclic) bond motifs is 1. The molecule has 0 spiro atoms. The molecule has 5 heterocycles. The summed E-state index contributed by atoms with van der Waals surface area (Å²) in [5.74, 6) is -7.21. The summed E-state index contributed by atoms with van der Waals surface area (Å²) < 4.78 is 81.3. The molecule has 1 amide bonds. The normalized spacial score (nSPS) is 30.9. The van der Waals surface area contributed by atoms with Crippen LogP contribution in [0, 0.1) is 50.7 Å². The van der Waals surface area contributed by atoms with E-state index in [0.717, 1.165) is 78.1 Å². The zero-order valence-electron chi connectivity index (χ0n) is 61.3. The molecule has 9 atom stereocenters. The van der Waals surface area contributed by atoms with Crippen LogP contribution < -0.4 is 0 Å². The third-order valence-electron chi connectivity index (χ3n) is 22.0. The van der Waals surface area contributed by atoms with Crippen LogP contribution in [0.15, 0.2) is 0 Å². The predicted octanol–water partition coefficient (Wildman–Crippen LogP) is 12.6. The van der Waals surface area contributed by atoms with E-state index in [1.54, 1.807) is 39.5 Å². The van der Waals surface area contributed by atoms with Crippen LogP contribution in [0.1, 0.15) is 261 Å². The molecule has 0 aromatic heterocycles. The number of carbonyl (C=O) groups is 8. The Morgan fingerprint density at radius 3 is 1.51 bits per heavy atom. The Kier molecular flexibility index (Phi) is 26.2. The minimum atomic E-state index is -3.67. The number of rotatable bonds is 18. The van der Waals surface area contributed by atoms with E-state index < -0.39 is 81.5 Å². The van der Waals surface area contributed by atoms with Gasteiger partial charge >= 0.3 is 53.8 Å². The van der Waals surface area contributed by atoms with Gasteiger partial charge in [0.05, 0.1) is 51.3 Å². The van der Waals surface area contributed by atoms with E-state index in [1.165, 1.54) is 12.8 Å². The van der Waals surface area contributed by atoms with Crippen molar-refractivity contribution in [3.8, 4) is 0 Å². The van der Waals surface area contributed by atoms with Crippen LogP contribution >= 0.6 is 0 Å². The molecule has 95 heavy (non-hydrogen) atoms. The highest BCUT2D eigenvalue weighted by Crippen LogP contribution is 2.57. The third-order valence-corrected chi connectivity index (χ3v) is 22.0. The average molecular weight is 1360 g/mol. The first-order chi connectivity index (χ1) is 43.6. The summed E-state index contributed by atoms with van der Waals surface area (Å²) in [6, 6.07) is 0. The van der Waals surface area contributed by atoms with Crippen LogP contribution in [0.4, 0.5) is 13.6 Å². The number of carbonyl (C=O) groups excluding carboxylic acids is 8. The van der Waals surface area contributed by atoms with Crippen LogP contribution in [0.2, 0.25) is 0 Å². The van der Waals surface area contributed by atoms with E-state index in [-0.39, 0.29) is 83.3 Å². The topological polar surface area (TPSA) is 273 Å². The second-order valence-corrected chi connectivity index (χ2v) is 32.8. The van der Waals surface area contributed by atoms with Crippen molar-refractivity contribution in [1.29, 1.82) is 0 Å². The number of amides is 1. The first kappa shape index (κ1) is 80.9. The van der Waals surface area contributed by atoms with Crippen molar-refractivity contribution in [2.75, 3.05) is 26.3 Å². The molecule has 6 bridgehead atoms. The molecule has 5 saturated carbocycles. The van der Waals surface area contributed by atoms with E-state index in [4.69, 9.17) is 42.6 Å². The largest absolute Gasteiger partial charge is 0.461 e. The van der Waals surface area contributed by atoms with Crippen LogP contribution in [0.3, 0.4) is 0 Å². The van der Waals surface area contributed by atoms with Crippen LogP contribution in [-0.2, 0) is 80.9 Å². The van der Waals surface area contributed by atoms with Crippen molar-refractivity contribution in [2.24, 2.45) is 50.7 Å². The number of hydrogen-bond acceptors (Lipinski definition) is 20. The SMILES string of the molecule is CCC(C)(C)C(=O)OC1(C)COC(C)(O)C1(F)F.CCC(C)(C)C(=O)OC1C2CC3C(=O)OC1C3O2.CCC(C)(C)C(=O)OC1C2CC3CC1CC(O)(C3)C2.CCC(C)(C)C(=O)OCC(=O)OC1CCN(C(=O)OC(C)(C)C)CC1.CCC1(OC(=O)C(C)(C)CC)CCCC1. The van der Waals surface area contributed by atoms with Crippen molar-refractivity contribution in [3.63, 3.8) is 0 Å². The number of hydrogen-bond donors (Lipinski definition) is 2. The lowest BCUT2D eigenvalue weighted by Crippen LogP contribution is -2.58. The maximum atomic E-state index is 14.0. The smallest absolute Gasteiger partial charge is 0.410 e. The predicted molar refractivity (Wildman–Crippen MR) is 347 cm³/mol. The third kappa shape index (κ3) is 19.6.